The molecule has 0 amide bonds. The minimum Gasteiger partial charge on any atom is -0.493 e. The average molecular weight is 159 g/mol. The summed E-state index contributed by atoms with van der Waals surface area (Å²) in [5, 5.41) is 0. The van der Waals surface area contributed by atoms with Crippen LogP contribution < -0.4 is 5.73 Å². The third-order valence-corrected chi connectivity index (χ3v) is 1.93. The van der Waals surface area contributed by atoms with Gasteiger partial charge in [-0.15, -0.1) is 0 Å². The molecule has 0 bridgehead atoms. The van der Waals surface area contributed by atoms with Crippen LogP contribution in [0.5, 0.6) is 0 Å². The van der Waals surface area contributed by atoms with Crippen LogP contribution in [0, 0.1) is 0 Å². The van der Waals surface area contributed by atoms with Crippen LogP contribution >= 0.6 is 0 Å². The summed E-state index contributed by atoms with van der Waals surface area (Å²) >= 11 is 0. The third kappa shape index (κ3) is 1.93. The summed E-state index contributed by atoms with van der Waals surface area (Å²) in [5.41, 5.74) is 5.55. The van der Waals surface area contributed by atoms with Crippen LogP contribution in [0.3, 0.4) is 0 Å². The second-order valence-corrected chi connectivity index (χ2v) is 2.96. The second-order valence-electron chi connectivity index (χ2n) is 2.96. The number of nitrogens with two attached hydrogens (primary N) is 1. The maximum absolute atomic E-state index is 12.6. The van der Waals surface area contributed by atoms with Crippen molar-refractivity contribution in [2.45, 2.75) is 38.6 Å². The van der Waals surface area contributed by atoms with E-state index >= 15 is 0 Å². The van der Waals surface area contributed by atoms with Crippen LogP contribution in [0.4, 0.5) is 4.39 Å². The van der Waals surface area contributed by atoms with E-state index in [4.69, 9.17) is 10.5 Å². The molecular formula is C8H14FNO. The fraction of sp³-hybridized carbons (Fsp3) is 0.750. The first kappa shape index (κ1) is 8.53. The summed E-state index contributed by atoms with van der Waals surface area (Å²) in [6.07, 6.45) is 1.52. The van der Waals surface area contributed by atoms with Gasteiger partial charge in [-0.1, -0.05) is 0 Å². The smallest absolute Gasteiger partial charge is 0.120 e. The topological polar surface area (TPSA) is 35.2 Å². The minimum absolute atomic E-state index is 0.157. The number of allylic oxidation sites excluding steroid dienone is 1. The largest absolute Gasteiger partial charge is 0.493 e. The predicted octanol–water partition coefficient (Wildman–Crippen LogP) is 1.36. The Labute approximate surface area is 66.2 Å². The van der Waals surface area contributed by atoms with E-state index < -0.39 is 12.2 Å². The van der Waals surface area contributed by atoms with Gasteiger partial charge < -0.3 is 10.5 Å². The van der Waals surface area contributed by atoms with Crippen molar-refractivity contribution in [1.29, 1.82) is 0 Å². The molecule has 64 valence electrons. The van der Waals surface area contributed by atoms with Crippen LogP contribution in [-0.4, -0.2) is 18.3 Å². The lowest BCUT2D eigenvalue weighted by Gasteiger charge is -2.20. The number of ether oxygens (including phenoxy) is 1. The molecule has 0 saturated heterocycles. The molecule has 0 fully saturated rings. The van der Waals surface area contributed by atoms with Gasteiger partial charge in [0.2, 0.25) is 0 Å². The van der Waals surface area contributed by atoms with Gasteiger partial charge in [-0.05, 0) is 19.9 Å². The van der Waals surface area contributed by atoms with Crippen molar-refractivity contribution in [3.63, 3.8) is 0 Å². The van der Waals surface area contributed by atoms with Crippen molar-refractivity contribution in [3.05, 3.63) is 11.8 Å². The summed E-state index contributed by atoms with van der Waals surface area (Å²) in [7, 11) is 0. The maximum atomic E-state index is 12.6. The molecule has 1 heterocycles. The minimum atomic E-state index is -1.00. The molecule has 0 aliphatic carbocycles. The Morgan fingerprint density at radius 1 is 1.82 bits per heavy atom. The number of halogens is 1. The molecule has 0 saturated carbocycles. The van der Waals surface area contributed by atoms with Gasteiger partial charge in [0.1, 0.15) is 12.3 Å². The average Bonchev–Trinajstić information content (AvgIpc) is 2.34. The first-order valence-electron chi connectivity index (χ1n) is 3.84. The summed E-state index contributed by atoms with van der Waals surface area (Å²) in [6.45, 7) is 3.32. The van der Waals surface area contributed by atoms with Crippen molar-refractivity contribution >= 4 is 0 Å². The summed E-state index contributed by atoms with van der Waals surface area (Å²) in [6, 6.07) is -0.497. The first-order chi connectivity index (χ1) is 5.11. The number of alkyl halides is 1. The highest BCUT2D eigenvalue weighted by atomic mass is 19.1. The maximum Gasteiger partial charge on any atom is 0.120 e. The molecular weight excluding hydrogens is 145 g/mol. The van der Waals surface area contributed by atoms with E-state index in [1.165, 1.54) is 6.92 Å². The van der Waals surface area contributed by atoms with Crippen molar-refractivity contribution in [2.75, 3.05) is 0 Å². The van der Waals surface area contributed by atoms with Gasteiger partial charge in [0, 0.05) is 6.42 Å². The Balaban J connectivity index is 2.40. The van der Waals surface area contributed by atoms with Gasteiger partial charge in [0.25, 0.3) is 0 Å². The van der Waals surface area contributed by atoms with Crippen molar-refractivity contribution in [3.8, 4) is 0 Å². The fourth-order valence-corrected chi connectivity index (χ4v) is 1.15. The number of hydrogen-bond acceptors (Lipinski definition) is 2. The lowest BCUT2D eigenvalue weighted by Crippen LogP contribution is -2.41. The Bertz CT molecular complexity index is 167. The molecule has 2 N–H and O–H groups in total. The molecule has 3 heteroatoms. The molecule has 3 atom stereocenters. The fourth-order valence-electron chi connectivity index (χ4n) is 1.15. The van der Waals surface area contributed by atoms with Crippen LogP contribution in [0.15, 0.2) is 11.8 Å². The van der Waals surface area contributed by atoms with Crippen LogP contribution in [-0.2, 0) is 4.74 Å². The standard InChI is InChI=1S/C8H14FNO/c1-5-3-4-7(11-5)8(10)6(2)9/h3,6-8H,4,10H2,1-2H3/t6?,7?,8-/m1/s1. The molecule has 11 heavy (non-hydrogen) atoms. The zero-order chi connectivity index (χ0) is 8.43. The third-order valence-electron chi connectivity index (χ3n) is 1.93. The molecule has 2 nitrogen and oxygen atoms in total. The van der Waals surface area contributed by atoms with Gasteiger partial charge in [-0.25, -0.2) is 4.39 Å². The monoisotopic (exact) mass is 159 g/mol. The highest BCUT2D eigenvalue weighted by molar-refractivity contribution is 5.01. The molecule has 0 spiro atoms. The van der Waals surface area contributed by atoms with Crippen LogP contribution in [0.25, 0.3) is 0 Å². The van der Waals surface area contributed by atoms with E-state index in [1.54, 1.807) is 0 Å². The summed E-state index contributed by atoms with van der Waals surface area (Å²) < 4.78 is 17.9. The van der Waals surface area contributed by atoms with E-state index in [0.717, 1.165) is 12.2 Å². The summed E-state index contributed by atoms with van der Waals surface area (Å²) in [5.74, 6) is 0.853. The number of hydrogen-bond donors (Lipinski definition) is 1. The zero-order valence-electron chi connectivity index (χ0n) is 6.88. The van der Waals surface area contributed by atoms with E-state index in [2.05, 4.69) is 0 Å². The van der Waals surface area contributed by atoms with Crippen LogP contribution in [0.1, 0.15) is 20.3 Å². The molecule has 0 aromatic rings. The zero-order valence-corrected chi connectivity index (χ0v) is 6.88. The van der Waals surface area contributed by atoms with Gasteiger partial charge in [0.15, 0.2) is 0 Å². The Kier molecular flexibility index (Phi) is 2.49. The van der Waals surface area contributed by atoms with E-state index in [9.17, 15) is 4.39 Å². The van der Waals surface area contributed by atoms with Gasteiger partial charge in [-0.3, -0.25) is 0 Å². The van der Waals surface area contributed by atoms with Crippen molar-refractivity contribution in [2.24, 2.45) is 5.73 Å². The quantitative estimate of drug-likeness (QED) is 0.660. The molecule has 1 aliphatic heterocycles. The molecule has 0 radical (unpaired) electrons. The highest BCUT2D eigenvalue weighted by Gasteiger charge is 2.26. The lowest BCUT2D eigenvalue weighted by molar-refractivity contribution is 0.0891. The Hall–Kier alpha value is -0.570. The lowest BCUT2D eigenvalue weighted by atomic mass is 10.1. The van der Waals surface area contributed by atoms with Gasteiger partial charge in [-0.2, -0.15) is 0 Å². The van der Waals surface area contributed by atoms with Crippen LogP contribution in [0.2, 0.25) is 0 Å². The van der Waals surface area contributed by atoms with Crippen molar-refractivity contribution < 1.29 is 9.13 Å². The van der Waals surface area contributed by atoms with E-state index in [0.29, 0.717) is 0 Å². The summed E-state index contributed by atoms with van der Waals surface area (Å²) in [4.78, 5) is 0. The Morgan fingerprint density at radius 2 is 2.45 bits per heavy atom. The van der Waals surface area contributed by atoms with E-state index in [-0.39, 0.29) is 6.10 Å². The molecule has 0 aromatic carbocycles. The predicted molar refractivity (Wildman–Crippen MR) is 41.8 cm³/mol. The SMILES string of the molecule is CC1=CCC([C@H](N)C(C)F)O1. The first-order valence-corrected chi connectivity index (χ1v) is 3.84. The number of rotatable bonds is 2. The van der Waals surface area contributed by atoms with E-state index in [1.807, 2.05) is 13.0 Å². The molecule has 2 unspecified atom stereocenters. The molecule has 1 rings (SSSR count). The molecule has 1 aliphatic rings. The van der Waals surface area contributed by atoms with Gasteiger partial charge >= 0.3 is 0 Å². The highest BCUT2D eigenvalue weighted by Crippen LogP contribution is 2.20. The molecule has 0 aromatic heterocycles. The Morgan fingerprint density at radius 3 is 2.82 bits per heavy atom. The van der Waals surface area contributed by atoms with Crippen molar-refractivity contribution in [1.82, 2.24) is 0 Å². The normalized spacial score (nSPS) is 29.1. The second kappa shape index (κ2) is 3.22. The van der Waals surface area contributed by atoms with Gasteiger partial charge in [0.05, 0.1) is 11.8 Å².